The van der Waals surface area contributed by atoms with Crippen molar-refractivity contribution in [1.29, 1.82) is 0 Å². The van der Waals surface area contributed by atoms with E-state index >= 15 is 0 Å². The summed E-state index contributed by atoms with van der Waals surface area (Å²) >= 11 is 5.51. The van der Waals surface area contributed by atoms with Gasteiger partial charge in [0.1, 0.15) is 5.82 Å². The third-order valence-electron chi connectivity index (χ3n) is 2.32. The van der Waals surface area contributed by atoms with Crippen LogP contribution in [0.4, 0.5) is 5.69 Å². The fraction of sp³-hybridized carbons (Fsp3) is 0.250. The first-order valence-corrected chi connectivity index (χ1v) is 6.08. The molecule has 94 valence electrons. The molecule has 1 aromatic heterocycles. The molecule has 0 spiro atoms. The lowest BCUT2D eigenvalue weighted by Gasteiger charge is -2.04. The van der Waals surface area contributed by atoms with Gasteiger partial charge in [-0.15, -0.1) is 11.6 Å². The van der Waals surface area contributed by atoms with Gasteiger partial charge in [-0.1, -0.05) is 12.1 Å². The first-order valence-electron chi connectivity index (χ1n) is 5.54. The van der Waals surface area contributed by atoms with Gasteiger partial charge in [0.15, 0.2) is 5.82 Å². The smallest absolute Gasteiger partial charge is 0.225 e. The van der Waals surface area contributed by atoms with E-state index in [1.807, 2.05) is 31.2 Å². The SMILES string of the molecule is Cc1nc(-c2cccc(NC(=O)CCCl)c2)n[nH]1. The van der Waals surface area contributed by atoms with E-state index in [4.69, 9.17) is 11.6 Å². The lowest BCUT2D eigenvalue weighted by Crippen LogP contribution is -2.11. The Balaban J connectivity index is 2.17. The van der Waals surface area contributed by atoms with Crippen molar-refractivity contribution in [1.82, 2.24) is 15.2 Å². The zero-order chi connectivity index (χ0) is 13.0. The molecular formula is C12H13ClN4O. The van der Waals surface area contributed by atoms with E-state index < -0.39 is 0 Å². The van der Waals surface area contributed by atoms with Crippen LogP contribution in [0.1, 0.15) is 12.2 Å². The Hall–Kier alpha value is -1.88. The van der Waals surface area contributed by atoms with Crippen LogP contribution in [0.15, 0.2) is 24.3 Å². The third-order valence-corrected chi connectivity index (χ3v) is 2.51. The molecule has 0 fully saturated rings. The Labute approximate surface area is 110 Å². The molecule has 18 heavy (non-hydrogen) atoms. The monoisotopic (exact) mass is 264 g/mol. The molecule has 0 unspecified atom stereocenters. The molecule has 0 aliphatic carbocycles. The summed E-state index contributed by atoms with van der Waals surface area (Å²) in [5, 5.41) is 9.63. The summed E-state index contributed by atoms with van der Waals surface area (Å²) in [6.07, 6.45) is 0.297. The van der Waals surface area contributed by atoms with Crippen LogP contribution < -0.4 is 5.32 Å². The van der Waals surface area contributed by atoms with E-state index in [1.54, 1.807) is 0 Å². The van der Waals surface area contributed by atoms with Gasteiger partial charge in [-0.25, -0.2) is 4.98 Å². The Morgan fingerprint density at radius 3 is 3.00 bits per heavy atom. The minimum absolute atomic E-state index is 0.103. The van der Waals surface area contributed by atoms with Crippen LogP contribution in [-0.4, -0.2) is 27.0 Å². The van der Waals surface area contributed by atoms with Gasteiger partial charge in [-0.3, -0.25) is 9.89 Å². The van der Waals surface area contributed by atoms with Crippen molar-refractivity contribution in [3.05, 3.63) is 30.1 Å². The number of benzene rings is 1. The van der Waals surface area contributed by atoms with E-state index in [9.17, 15) is 4.79 Å². The number of nitrogens with zero attached hydrogens (tertiary/aromatic N) is 2. The molecule has 1 amide bonds. The number of H-pyrrole nitrogens is 1. The molecule has 0 radical (unpaired) electrons. The fourth-order valence-electron chi connectivity index (χ4n) is 1.52. The normalized spacial score (nSPS) is 10.3. The average molecular weight is 265 g/mol. The summed E-state index contributed by atoms with van der Waals surface area (Å²) in [7, 11) is 0. The lowest BCUT2D eigenvalue weighted by molar-refractivity contribution is -0.115. The van der Waals surface area contributed by atoms with Gasteiger partial charge in [-0.2, -0.15) is 5.10 Å². The number of anilines is 1. The van der Waals surface area contributed by atoms with Gasteiger partial charge in [0.05, 0.1) is 0 Å². The number of halogens is 1. The van der Waals surface area contributed by atoms with E-state index in [1.165, 1.54) is 0 Å². The molecule has 0 saturated heterocycles. The van der Waals surface area contributed by atoms with Crippen LogP contribution in [0.25, 0.3) is 11.4 Å². The van der Waals surface area contributed by atoms with Gasteiger partial charge < -0.3 is 5.32 Å². The van der Waals surface area contributed by atoms with Crippen LogP contribution >= 0.6 is 11.6 Å². The first-order chi connectivity index (χ1) is 8.69. The molecule has 2 aromatic rings. The van der Waals surface area contributed by atoms with Crippen molar-refractivity contribution >= 4 is 23.2 Å². The zero-order valence-electron chi connectivity index (χ0n) is 9.90. The van der Waals surface area contributed by atoms with Crippen molar-refractivity contribution in [3.8, 4) is 11.4 Å². The van der Waals surface area contributed by atoms with Crippen molar-refractivity contribution < 1.29 is 4.79 Å². The highest BCUT2D eigenvalue weighted by Gasteiger charge is 2.06. The molecule has 0 saturated carbocycles. The van der Waals surface area contributed by atoms with Crippen LogP contribution in [0.2, 0.25) is 0 Å². The van der Waals surface area contributed by atoms with Crippen LogP contribution in [0.3, 0.4) is 0 Å². The van der Waals surface area contributed by atoms with Gasteiger partial charge in [0.25, 0.3) is 0 Å². The van der Waals surface area contributed by atoms with E-state index in [0.29, 0.717) is 23.8 Å². The van der Waals surface area contributed by atoms with Gasteiger partial charge in [0.2, 0.25) is 5.91 Å². The van der Waals surface area contributed by atoms with Crippen molar-refractivity contribution in [3.63, 3.8) is 0 Å². The second-order valence-electron chi connectivity index (χ2n) is 3.81. The Kier molecular flexibility index (Phi) is 3.94. The van der Waals surface area contributed by atoms with Crippen molar-refractivity contribution in [2.75, 3.05) is 11.2 Å². The predicted molar refractivity (Wildman–Crippen MR) is 70.5 cm³/mol. The molecule has 2 N–H and O–H groups in total. The van der Waals surface area contributed by atoms with E-state index in [2.05, 4.69) is 20.5 Å². The number of hydrogen-bond acceptors (Lipinski definition) is 3. The van der Waals surface area contributed by atoms with E-state index in [0.717, 1.165) is 11.4 Å². The van der Waals surface area contributed by atoms with Crippen LogP contribution in [-0.2, 0) is 4.79 Å². The molecule has 1 aromatic carbocycles. The molecule has 2 rings (SSSR count). The van der Waals surface area contributed by atoms with Crippen LogP contribution in [0, 0.1) is 6.92 Å². The number of aryl methyl sites for hydroxylation is 1. The second kappa shape index (κ2) is 5.64. The minimum atomic E-state index is -0.103. The number of nitrogens with one attached hydrogen (secondary N) is 2. The van der Waals surface area contributed by atoms with Gasteiger partial charge in [-0.05, 0) is 19.1 Å². The van der Waals surface area contributed by atoms with Gasteiger partial charge >= 0.3 is 0 Å². The summed E-state index contributed by atoms with van der Waals surface area (Å²) in [6, 6.07) is 7.38. The van der Waals surface area contributed by atoms with E-state index in [-0.39, 0.29) is 5.91 Å². The Bertz CT molecular complexity index is 553. The third kappa shape index (κ3) is 3.07. The number of amides is 1. The summed E-state index contributed by atoms with van der Waals surface area (Å²) in [4.78, 5) is 15.7. The van der Waals surface area contributed by atoms with Crippen molar-refractivity contribution in [2.24, 2.45) is 0 Å². The minimum Gasteiger partial charge on any atom is -0.326 e. The molecular weight excluding hydrogens is 252 g/mol. The topological polar surface area (TPSA) is 70.7 Å². The number of alkyl halides is 1. The Morgan fingerprint density at radius 1 is 1.50 bits per heavy atom. The predicted octanol–water partition coefficient (Wildman–Crippen LogP) is 2.35. The molecule has 1 heterocycles. The Morgan fingerprint density at radius 2 is 2.33 bits per heavy atom. The maximum atomic E-state index is 11.4. The average Bonchev–Trinajstić information content (AvgIpc) is 2.76. The maximum absolute atomic E-state index is 11.4. The number of aromatic amines is 1. The molecule has 5 nitrogen and oxygen atoms in total. The lowest BCUT2D eigenvalue weighted by atomic mass is 10.2. The number of hydrogen-bond donors (Lipinski definition) is 2. The maximum Gasteiger partial charge on any atom is 0.225 e. The summed E-state index contributed by atoms with van der Waals surface area (Å²) < 4.78 is 0. The quantitative estimate of drug-likeness (QED) is 0.833. The summed E-state index contributed by atoms with van der Waals surface area (Å²) in [6.45, 7) is 1.84. The summed E-state index contributed by atoms with van der Waals surface area (Å²) in [5.74, 6) is 1.57. The molecule has 0 atom stereocenters. The molecule has 6 heteroatoms. The highest BCUT2D eigenvalue weighted by atomic mass is 35.5. The van der Waals surface area contributed by atoms with Gasteiger partial charge in [0, 0.05) is 23.6 Å². The summed E-state index contributed by atoms with van der Waals surface area (Å²) in [5.41, 5.74) is 1.56. The fourth-order valence-corrected chi connectivity index (χ4v) is 1.69. The van der Waals surface area contributed by atoms with Crippen LogP contribution in [0.5, 0.6) is 0 Å². The number of aromatic nitrogens is 3. The molecule has 0 aliphatic heterocycles. The standard InChI is InChI=1S/C12H13ClN4O/c1-8-14-12(17-16-8)9-3-2-4-10(7-9)15-11(18)5-6-13/h2-4,7H,5-6H2,1H3,(H,15,18)(H,14,16,17). The zero-order valence-corrected chi connectivity index (χ0v) is 10.7. The molecule has 0 aliphatic rings. The molecule has 0 bridgehead atoms. The van der Waals surface area contributed by atoms with Crippen molar-refractivity contribution in [2.45, 2.75) is 13.3 Å². The highest BCUT2D eigenvalue weighted by Crippen LogP contribution is 2.19. The number of carbonyl (C=O) groups is 1. The number of carbonyl (C=O) groups excluding carboxylic acids is 1. The largest absolute Gasteiger partial charge is 0.326 e. The number of rotatable bonds is 4. The highest BCUT2D eigenvalue weighted by molar-refractivity contribution is 6.19. The second-order valence-corrected chi connectivity index (χ2v) is 4.19. The first kappa shape index (κ1) is 12.6.